The predicted molar refractivity (Wildman–Crippen MR) is 175 cm³/mol. The molecule has 1 aromatic heterocycles. The first-order valence-electron chi connectivity index (χ1n) is 16.3. The maximum Gasteiger partial charge on any atom is 0.361 e. The van der Waals surface area contributed by atoms with E-state index in [4.69, 9.17) is 14.2 Å². The van der Waals surface area contributed by atoms with Crippen LogP contribution in [0.5, 0.6) is 0 Å². The highest BCUT2D eigenvalue weighted by Crippen LogP contribution is 2.52. The Morgan fingerprint density at radius 2 is 1.57 bits per heavy atom. The summed E-state index contributed by atoms with van der Waals surface area (Å²) in [5, 5.41) is 5.64. The fraction of sp³-hybridized carbons (Fsp3) is 0.700. The summed E-state index contributed by atoms with van der Waals surface area (Å²) in [6.07, 6.45) is 5.76. The van der Waals surface area contributed by atoms with E-state index in [-0.39, 0.29) is 11.3 Å². The van der Waals surface area contributed by atoms with E-state index in [2.05, 4.69) is 24.9 Å². The van der Waals surface area contributed by atoms with Crippen LogP contribution < -0.4 is 0 Å². The van der Waals surface area contributed by atoms with Crippen LogP contribution in [0.2, 0.25) is 0 Å². The molecule has 5 fully saturated rings. The Kier molecular flexibility index (Phi) is 9.57. The number of methoxy groups -OCH3 is 2. The normalized spacial score (nSPS) is 30.5. The number of aliphatic imine (C=N–C) groups is 1. The number of fused-ring (bicyclic) bond motifs is 2. The molecule has 6 rings (SSSR count). The van der Waals surface area contributed by atoms with Gasteiger partial charge in [0.2, 0.25) is 18.4 Å². The first-order chi connectivity index (χ1) is 24.1. The maximum atomic E-state index is 13.8. The zero-order valence-electron chi connectivity index (χ0n) is 28.7. The second-order valence-electron chi connectivity index (χ2n) is 13.6. The van der Waals surface area contributed by atoms with Crippen molar-refractivity contribution in [2.24, 2.45) is 4.99 Å². The first-order valence-corrected chi connectivity index (χ1v) is 18.8. The smallest absolute Gasteiger partial charge is 0.361 e. The van der Waals surface area contributed by atoms with Crippen molar-refractivity contribution in [2.75, 3.05) is 34.1 Å². The molecular formula is C30H39N7O12S2. The Morgan fingerprint density at radius 1 is 0.941 bits per heavy atom. The molecule has 5 saturated heterocycles. The quantitative estimate of drug-likeness (QED) is 0.0722. The van der Waals surface area contributed by atoms with Crippen molar-refractivity contribution in [1.82, 2.24) is 29.7 Å². The first kappa shape index (κ1) is 36.5. The SMILES string of the molecule is COC(=O)c1nnn(C[C@@]2(C)[C@H](C(=O)OCOC(=O)C3N4C(=O)C(N=CN5CCCCCC5)C4SC3(C)C)N3C(=O)C[C@@H]3S2(=O)=O)c1C(=O)OC. The molecule has 2 amide bonds. The number of aromatic nitrogens is 3. The zero-order valence-corrected chi connectivity index (χ0v) is 30.3. The minimum Gasteiger partial charge on any atom is -0.464 e. The van der Waals surface area contributed by atoms with Crippen LogP contribution >= 0.6 is 11.8 Å². The number of ether oxygens (including phenoxy) is 4. The number of sulfone groups is 1. The molecule has 6 heterocycles. The molecule has 0 spiro atoms. The van der Waals surface area contributed by atoms with Crippen molar-refractivity contribution < 1.29 is 56.1 Å². The Hall–Kier alpha value is -4.27. The number of hydrogen-bond acceptors (Lipinski definition) is 16. The van der Waals surface area contributed by atoms with E-state index in [1.807, 2.05) is 0 Å². The molecule has 1 aromatic rings. The third-order valence-electron chi connectivity index (χ3n) is 10.1. The lowest BCUT2D eigenvalue weighted by Crippen LogP contribution is -2.65. The molecule has 51 heavy (non-hydrogen) atoms. The second kappa shape index (κ2) is 13.4. The molecule has 0 radical (unpaired) electrons. The summed E-state index contributed by atoms with van der Waals surface area (Å²) < 4.78 is 45.4. The number of hydrogen-bond donors (Lipinski definition) is 0. The Labute approximate surface area is 297 Å². The van der Waals surface area contributed by atoms with E-state index >= 15 is 0 Å². The lowest BCUT2D eigenvalue weighted by Gasteiger charge is -2.42. The monoisotopic (exact) mass is 753 g/mol. The zero-order chi connectivity index (χ0) is 37.0. The van der Waals surface area contributed by atoms with Crippen molar-refractivity contribution in [3.05, 3.63) is 11.4 Å². The van der Waals surface area contributed by atoms with E-state index in [0.29, 0.717) is 0 Å². The molecular weight excluding hydrogens is 715 g/mol. The number of rotatable bonds is 10. The van der Waals surface area contributed by atoms with Crippen LogP contribution in [0.4, 0.5) is 0 Å². The maximum absolute atomic E-state index is 13.8. The second-order valence-corrected chi connectivity index (χ2v) is 17.9. The average Bonchev–Trinajstić information content (AvgIpc) is 3.52. The van der Waals surface area contributed by atoms with Crippen LogP contribution in [0.15, 0.2) is 4.99 Å². The predicted octanol–water partition coefficient (Wildman–Crippen LogP) is -0.655. The molecule has 21 heteroatoms. The highest BCUT2D eigenvalue weighted by atomic mass is 32.2. The molecule has 0 aliphatic carbocycles. The number of esters is 4. The van der Waals surface area contributed by atoms with E-state index < -0.39 is 104 Å². The number of nitrogens with zero attached hydrogens (tertiary/aromatic N) is 7. The minimum absolute atomic E-state index is 0.327. The third-order valence-corrected chi connectivity index (χ3v) is 14.4. The van der Waals surface area contributed by atoms with E-state index in [0.717, 1.165) is 62.6 Å². The van der Waals surface area contributed by atoms with Crippen LogP contribution in [0.25, 0.3) is 0 Å². The molecule has 0 aromatic carbocycles. The third kappa shape index (κ3) is 5.90. The fourth-order valence-corrected chi connectivity index (χ4v) is 11.3. The van der Waals surface area contributed by atoms with Crippen LogP contribution in [0.1, 0.15) is 73.9 Å². The van der Waals surface area contributed by atoms with Gasteiger partial charge in [0.15, 0.2) is 27.6 Å². The summed E-state index contributed by atoms with van der Waals surface area (Å²) >= 11 is 1.41. The van der Waals surface area contributed by atoms with Gasteiger partial charge in [0.1, 0.15) is 21.5 Å². The van der Waals surface area contributed by atoms with Crippen LogP contribution in [0, 0.1) is 0 Å². The van der Waals surface area contributed by atoms with Crippen molar-refractivity contribution in [3.63, 3.8) is 0 Å². The standard InChI is InChI=1S/C30H39N7O12S2/c1-29(2)21(37-23(39)19(24(37)50-29)31-14-34-10-8-6-7-9-11-34)27(42)48-15-49-28(43)22-30(3,51(44,45)17-12-16(38)36(17)22)13-35-20(26(41)47-5)18(32-33-35)25(40)46-4/h14,17,19,21-22,24H,6-13,15H2,1-5H3/t17-,19?,21?,22-,24?,30-/m0/s1. The minimum atomic E-state index is -4.34. The molecule has 19 nitrogen and oxygen atoms in total. The van der Waals surface area contributed by atoms with Gasteiger partial charge >= 0.3 is 23.9 Å². The van der Waals surface area contributed by atoms with Gasteiger partial charge in [-0.05, 0) is 33.6 Å². The molecule has 5 aliphatic heterocycles. The molecule has 278 valence electrons. The van der Waals surface area contributed by atoms with Crippen molar-refractivity contribution in [2.45, 2.75) is 97.8 Å². The number of thioether (sulfide) groups is 1. The number of carbonyl (C=O) groups excluding carboxylic acids is 6. The van der Waals surface area contributed by atoms with Gasteiger partial charge in [0.25, 0.3) is 5.91 Å². The molecule has 5 aliphatic rings. The van der Waals surface area contributed by atoms with Gasteiger partial charge < -0.3 is 33.6 Å². The summed E-state index contributed by atoms with van der Waals surface area (Å²) in [7, 11) is -2.28. The number of amides is 2. The summed E-state index contributed by atoms with van der Waals surface area (Å²) in [5.74, 6) is -5.16. The summed E-state index contributed by atoms with van der Waals surface area (Å²) in [4.78, 5) is 86.7. The van der Waals surface area contributed by atoms with Crippen LogP contribution in [-0.4, -0.2) is 153 Å². The highest BCUT2D eigenvalue weighted by molar-refractivity contribution is 8.01. The Balaban J connectivity index is 1.15. The van der Waals surface area contributed by atoms with Crippen LogP contribution in [0.3, 0.4) is 0 Å². The van der Waals surface area contributed by atoms with Gasteiger partial charge in [-0.3, -0.25) is 14.6 Å². The van der Waals surface area contributed by atoms with Crippen molar-refractivity contribution in [1.29, 1.82) is 0 Å². The van der Waals surface area contributed by atoms with Gasteiger partial charge in [-0.2, -0.15) is 0 Å². The summed E-state index contributed by atoms with van der Waals surface area (Å²) in [6.45, 7) is 4.83. The summed E-state index contributed by atoms with van der Waals surface area (Å²) in [5.41, 5.74) is -1.09. The average molecular weight is 754 g/mol. The lowest BCUT2D eigenvalue weighted by atomic mass is 9.96. The molecule has 0 saturated carbocycles. The Morgan fingerprint density at radius 3 is 2.18 bits per heavy atom. The molecule has 6 atom stereocenters. The Bertz CT molecular complexity index is 1790. The largest absolute Gasteiger partial charge is 0.464 e. The van der Waals surface area contributed by atoms with Gasteiger partial charge in [-0.25, -0.2) is 32.3 Å². The highest BCUT2D eigenvalue weighted by Gasteiger charge is 2.71. The van der Waals surface area contributed by atoms with E-state index in [9.17, 15) is 37.2 Å². The van der Waals surface area contributed by atoms with Crippen molar-refractivity contribution >= 4 is 63.6 Å². The fourth-order valence-electron chi connectivity index (χ4n) is 7.32. The van der Waals surface area contributed by atoms with Gasteiger partial charge in [-0.15, -0.1) is 16.9 Å². The summed E-state index contributed by atoms with van der Waals surface area (Å²) in [6, 6.07) is -3.42. The number of carbonyl (C=O) groups is 6. The van der Waals surface area contributed by atoms with Gasteiger partial charge in [0, 0.05) is 17.8 Å². The van der Waals surface area contributed by atoms with Crippen LogP contribution in [-0.2, 0) is 54.5 Å². The van der Waals surface area contributed by atoms with Gasteiger partial charge in [-0.1, -0.05) is 18.1 Å². The van der Waals surface area contributed by atoms with E-state index in [1.54, 1.807) is 20.2 Å². The molecule has 0 bridgehead atoms. The topological polar surface area (TPSA) is 226 Å². The molecule has 3 unspecified atom stereocenters. The lowest BCUT2D eigenvalue weighted by molar-refractivity contribution is -0.181. The van der Waals surface area contributed by atoms with E-state index in [1.165, 1.54) is 23.6 Å². The number of likely N-dealkylation sites (tertiary alicyclic amines) is 1. The van der Waals surface area contributed by atoms with Gasteiger partial charge in [0.05, 0.1) is 33.5 Å². The molecule has 0 N–H and O–H groups in total. The number of β-lactam (4-membered cyclic amide) rings is 2. The van der Waals surface area contributed by atoms with Crippen molar-refractivity contribution in [3.8, 4) is 0 Å².